The summed E-state index contributed by atoms with van der Waals surface area (Å²) in [5.41, 5.74) is 13.0. The Morgan fingerprint density at radius 2 is 1.71 bits per heavy atom. The van der Waals surface area contributed by atoms with E-state index in [4.69, 9.17) is 21.0 Å². The van der Waals surface area contributed by atoms with E-state index in [1.807, 2.05) is 26.0 Å². The zero-order chi connectivity index (χ0) is 35.4. The summed E-state index contributed by atoms with van der Waals surface area (Å²) in [6.07, 6.45) is 13.4. The monoisotopic (exact) mass is 684 g/mol. The number of fused-ring (bicyclic) bond motifs is 6. The molecule has 252 valence electrons. The number of aryl methyl sites for hydroxylation is 2. The summed E-state index contributed by atoms with van der Waals surface area (Å²) < 4.78 is 6.00. The zero-order valence-electron chi connectivity index (χ0n) is 29.8. The summed E-state index contributed by atoms with van der Waals surface area (Å²) in [5.74, 6) is 1.57. The highest BCUT2D eigenvalue weighted by Crippen LogP contribution is 2.57. The minimum absolute atomic E-state index is 0.143. The maximum absolute atomic E-state index is 7.05. The second kappa shape index (κ2) is 13.1. The van der Waals surface area contributed by atoms with E-state index >= 15 is 0 Å². The molecule has 0 saturated heterocycles. The lowest BCUT2D eigenvalue weighted by Gasteiger charge is -2.27. The Balaban J connectivity index is 1.29. The van der Waals surface area contributed by atoms with Crippen molar-refractivity contribution >= 4 is 67.5 Å². The molecule has 6 aromatic rings. The fourth-order valence-electron chi connectivity index (χ4n) is 8.25. The molecule has 0 radical (unpaired) electrons. The molecule has 2 unspecified atom stereocenters. The molecule has 1 aliphatic carbocycles. The molecule has 2 atom stereocenters. The summed E-state index contributed by atoms with van der Waals surface area (Å²) in [7, 11) is 0. The Morgan fingerprint density at radius 3 is 2.49 bits per heavy atom. The normalized spacial score (nSPS) is 16.2. The molecule has 0 fully saturated rings. The first kappa shape index (κ1) is 32.8. The number of hydrogen-bond donors (Lipinski definition) is 0. The quantitative estimate of drug-likeness (QED) is 0.157. The predicted octanol–water partition coefficient (Wildman–Crippen LogP) is 14.0. The predicted molar refractivity (Wildman–Crippen MR) is 219 cm³/mol. The first-order valence-electron chi connectivity index (χ1n) is 17.8. The molecule has 3 nitrogen and oxygen atoms in total. The summed E-state index contributed by atoms with van der Waals surface area (Å²) in [4.78, 5) is 7.42. The number of nitrogens with zero attached hydrogens (tertiary/aromatic N) is 2. The molecule has 0 bridgehead atoms. The molecular weight excluding hydrogens is 644 g/mol. The Kier molecular flexibility index (Phi) is 8.40. The van der Waals surface area contributed by atoms with Gasteiger partial charge in [0, 0.05) is 28.8 Å². The molecular formula is C47H41ClN2O. The molecule has 0 saturated carbocycles. The van der Waals surface area contributed by atoms with E-state index in [0.717, 1.165) is 34.7 Å². The molecule has 5 aromatic carbocycles. The van der Waals surface area contributed by atoms with Gasteiger partial charge in [-0.1, -0.05) is 122 Å². The van der Waals surface area contributed by atoms with Gasteiger partial charge in [-0.3, -0.25) is 0 Å². The molecule has 1 aliphatic heterocycles. The minimum atomic E-state index is -0.143. The van der Waals surface area contributed by atoms with Crippen LogP contribution in [0.5, 0.6) is 0 Å². The van der Waals surface area contributed by atoms with Crippen LogP contribution in [-0.2, 0) is 0 Å². The molecule has 0 amide bonds. The van der Waals surface area contributed by atoms with Crippen molar-refractivity contribution in [3.63, 3.8) is 0 Å². The Bertz CT molecular complexity index is 2510. The van der Waals surface area contributed by atoms with Crippen molar-refractivity contribution in [2.75, 3.05) is 4.90 Å². The number of anilines is 2. The molecule has 51 heavy (non-hydrogen) atoms. The highest BCUT2D eigenvalue weighted by Gasteiger charge is 2.39. The van der Waals surface area contributed by atoms with Crippen LogP contribution in [0.1, 0.15) is 71.4 Å². The van der Waals surface area contributed by atoms with Crippen molar-refractivity contribution in [2.24, 2.45) is 4.99 Å². The van der Waals surface area contributed by atoms with Crippen LogP contribution in [0.4, 0.5) is 17.1 Å². The molecule has 2 aliphatic rings. The Morgan fingerprint density at radius 1 is 0.941 bits per heavy atom. The number of aliphatic imine (C=N–C) groups is 1. The third kappa shape index (κ3) is 5.30. The van der Waals surface area contributed by atoms with Crippen LogP contribution in [0.2, 0.25) is 0 Å². The lowest BCUT2D eigenvalue weighted by Crippen LogP contribution is -2.16. The van der Waals surface area contributed by atoms with Gasteiger partial charge in [-0.25, -0.2) is 4.99 Å². The van der Waals surface area contributed by atoms with Gasteiger partial charge in [0.1, 0.15) is 22.4 Å². The average Bonchev–Trinajstić information content (AvgIpc) is 3.66. The van der Waals surface area contributed by atoms with Crippen LogP contribution >= 0.6 is 11.6 Å². The minimum Gasteiger partial charge on any atom is -0.459 e. The fourth-order valence-corrected chi connectivity index (χ4v) is 8.46. The topological polar surface area (TPSA) is 28.7 Å². The summed E-state index contributed by atoms with van der Waals surface area (Å²) >= 11 is 7.05. The third-order valence-corrected chi connectivity index (χ3v) is 11.2. The van der Waals surface area contributed by atoms with Gasteiger partial charge in [0.05, 0.1) is 5.69 Å². The van der Waals surface area contributed by atoms with E-state index in [2.05, 4.69) is 135 Å². The van der Waals surface area contributed by atoms with E-state index in [1.165, 1.54) is 60.7 Å². The number of halogens is 1. The van der Waals surface area contributed by atoms with Crippen LogP contribution in [0, 0.1) is 20.8 Å². The lowest BCUT2D eigenvalue weighted by molar-refractivity contribution is 0.525. The first-order valence-corrected chi connectivity index (χ1v) is 18.1. The Labute approximate surface area is 305 Å². The van der Waals surface area contributed by atoms with Crippen LogP contribution in [0.3, 0.4) is 0 Å². The molecule has 2 heterocycles. The first-order chi connectivity index (χ1) is 24.8. The van der Waals surface area contributed by atoms with Crippen molar-refractivity contribution in [3.05, 3.63) is 161 Å². The van der Waals surface area contributed by atoms with E-state index < -0.39 is 0 Å². The number of allylic oxidation sites excluding steroid dienone is 5. The summed E-state index contributed by atoms with van der Waals surface area (Å²) in [6.45, 7) is 14.6. The smallest absolute Gasteiger partial charge is 0.136 e. The van der Waals surface area contributed by atoms with Crippen molar-refractivity contribution < 1.29 is 4.42 Å². The van der Waals surface area contributed by atoms with Crippen LogP contribution in [0.25, 0.3) is 44.8 Å². The number of furan rings is 1. The van der Waals surface area contributed by atoms with Gasteiger partial charge in [0.2, 0.25) is 0 Å². The van der Waals surface area contributed by atoms with E-state index in [0.29, 0.717) is 10.9 Å². The maximum Gasteiger partial charge on any atom is 0.136 e. The highest BCUT2D eigenvalue weighted by molar-refractivity contribution is 6.66. The Hall–Kier alpha value is -5.38. The van der Waals surface area contributed by atoms with E-state index in [-0.39, 0.29) is 11.8 Å². The van der Waals surface area contributed by atoms with Crippen molar-refractivity contribution in [1.82, 2.24) is 0 Å². The third-order valence-electron chi connectivity index (χ3n) is 10.7. The van der Waals surface area contributed by atoms with Crippen molar-refractivity contribution in [2.45, 2.75) is 52.9 Å². The van der Waals surface area contributed by atoms with Crippen molar-refractivity contribution in [3.8, 4) is 11.1 Å². The fraction of sp³-hybridized carbons (Fsp3) is 0.170. The second-order valence-electron chi connectivity index (χ2n) is 13.7. The SMILES string of the molecule is C=Cc1c(/C=C\C)oc(C)c1N=C(Cl)C(C)c1cccc(N2C3=CC=CCC3c3c2c(C)c(-c2ccc4ccccc4c2C)c2ccccc32)c1. The number of hydrogen-bond acceptors (Lipinski definition) is 3. The van der Waals surface area contributed by atoms with E-state index in [9.17, 15) is 0 Å². The zero-order valence-corrected chi connectivity index (χ0v) is 30.6. The van der Waals surface area contributed by atoms with Gasteiger partial charge in [0.25, 0.3) is 0 Å². The van der Waals surface area contributed by atoms with Gasteiger partial charge in [-0.05, 0) is 113 Å². The second-order valence-corrected chi connectivity index (χ2v) is 14.0. The van der Waals surface area contributed by atoms with Crippen molar-refractivity contribution in [1.29, 1.82) is 0 Å². The standard InChI is InChI=1S/C47H41ClN2O/c1-7-16-42-35(8-2)45(31(6)51-42)49-47(48)28(3)33-18-15-19-34(27-33)50-41-24-14-13-23-40(41)44-39-22-12-11-21-38(39)43(30(5)46(44)50)37-26-25-32-17-9-10-20-36(32)29(37)4/h7-22,24-28,40H,2,23H2,1,3-6H3/b16-7-,49-47?. The number of rotatable bonds is 7. The molecule has 8 rings (SSSR count). The van der Waals surface area contributed by atoms with E-state index in [1.54, 1.807) is 6.08 Å². The summed E-state index contributed by atoms with van der Waals surface area (Å²) in [6, 6.07) is 31.1. The largest absolute Gasteiger partial charge is 0.459 e. The van der Waals surface area contributed by atoms with Gasteiger partial charge < -0.3 is 9.32 Å². The van der Waals surface area contributed by atoms with Crippen LogP contribution < -0.4 is 4.90 Å². The van der Waals surface area contributed by atoms with Crippen LogP contribution in [0.15, 0.2) is 131 Å². The highest BCUT2D eigenvalue weighted by atomic mass is 35.5. The molecule has 0 N–H and O–H groups in total. The van der Waals surface area contributed by atoms with Gasteiger partial charge >= 0.3 is 0 Å². The maximum atomic E-state index is 7.05. The molecule has 0 spiro atoms. The molecule has 1 aromatic heterocycles. The van der Waals surface area contributed by atoms with Gasteiger partial charge in [0.15, 0.2) is 0 Å². The summed E-state index contributed by atoms with van der Waals surface area (Å²) in [5, 5.41) is 5.68. The molecule has 4 heteroatoms. The van der Waals surface area contributed by atoms with Gasteiger partial charge in [-0.2, -0.15) is 0 Å². The van der Waals surface area contributed by atoms with Gasteiger partial charge in [-0.15, -0.1) is 0 Å². The average molecular weight is 685 g/mol. The number of benzene rings is 5. The lowest BCUT2D eigenvalue weighted by atomic mass is 9.83. The van der Waals surface area contributed by atoms with Crippen LogP contribution in [-0.4, -0.2) is 5.17 Å².